The van der Waals surface area contributed by atoms with Gasteiger partial charge in [0.2, 0.25) is 23.6 Å². The number of carboxylic acid groups (broad SMARTS) is 1. The Kier molecular flexibility index (Phi) is 12.6. The molecule has 0 radical (unpaired) electrons. The minimum atomic E-state index is -1.36. The molecule has 1 aromatic carbocycles. The number of rotatable bonds is 15. The summed E-state index contributed by atoms with van der Waals surface area (Å²) < 4.78 is 0. The summed E-state index contributed by atoms with van der Waals surface area (Å²) in [6.07, 6.45) is 0.108. The van der Waals surface area contributed by atoms with Gasteiger partial charge in [0.15, 0.2) is 0 Å². The summed E-state index contributed by atoms with van der Waals surface area (Å²) in [5.74, 6) is -4.05. The van der Waals surface area contributed by atoms with E-state index in [1.807, 2.05) is 27.7 Å². The second-order valence-corrected chi connectivity index (χ2v) is 9.75. The van der Waals surface area contributed by atoms with Gasteiger partial charge in [0.05, 0.1) is 12.5 Å². The summed E-state index contributed by atoms with van der Waals surface area (Å²) in [5, 5.41) is 17.0. The van der Waals surface area contributed by atoms with Crippen molar-refractivity contribution in [3.8, 4) is 0 Å². The van der Waals surface area contributed by atoms with Gasteiger partial charge in [0.25, 0.3) is 0 Å². The first-order valence-electron chi connectivity index (χ1n) is 12.0. The highest BCUT2D eigenvalue weighted by Gasteiger charge is 2.31. The number of carbonyl (C=O) groups is 5. The van der Waals surface area contributed by atoms with E-state index in [0.717, 1.165) is 0 Å². The maximum atomic E-state index is 13.1. The van der Waals surface area contributed by atoms with Gasteiger partial charge in [-0.25, -0.2) is 4.79 Å². The lowest BCUT2D eigenvalue weighted by molar-refractivity contribution is -0.143. The van der Waals surface area contributed by atoms with E-state index in [9.17, 15) is 29.1 Å². The van der Waals surface area contributed by atoms with E-state index in [1.165, 1.54) is 0 Å². The summed E-state index contributed by atoms with van der Waals surface area (Å²) in [5.41, 5.74) is 11.9. The minimum absolute atomic E-state index is 0.00114. The number of amides is 4. The zero-order chi connectivity index (χ0) is 27.4. The summed E-state index contributed by atoms with van der Waals surface area (Å²) >= 11 is 0. The quantitative estimate of drug-likeness (QED) is 0.194. The summed E-state index contributed by atoms with van der Waals surface area (Å²) in [6, 6.07) is 4.24. The van der Waals surface area contributed by atoms with Crippen LogP contribution in [0, 0.1) is 11.8 Å². The third-order valence-corrected chi connectivity index (χ3v) is 5.34. The molecule has 0 aliphatic heterocycles. The number of nitrogens with one attached hydrogen (secondary N) is 3. The summed E-state index contributed by atoms with van der Waals surface area (Å²) in [7, 11) is 0. The van der Waals surface area contributed by atoms with Crippen molar-refractivity contribution < 1.29 is 29.1 Å². The number of carboxylic acids is 1. The molecular formula is C25H39N5O6. The predicted octanol–water partition coefficient (Wildman–Crippen LogP) is 0.0630. The van der Waals surface area contributed by atoms with Crippen LogP contribution < -0.4 is 27.4 Å². The molecule has 0 spiro atoms. The lowest BCUT2D eigenvalue weighted by Gasteiger charge is -2.25. The number of carbonyl (C=O) groups excluding carboxylic acids is 4. The first kappa shape index (κ1) is 30.6. The Balaban J connectivity index is 3.12. The molecule has 0 saturated heterocycles. The fraction of sp³-hybridized carbons (Fsp3) is 0.560. The highest BCUT2D eigenvalue weighted by molar-refractivity contribution is 5.96. The summed E-state index contributed by atoms with van der Waals surface area (Å²) in [4.78, 5) is 61.9. The van der Waals surface area contributed by atoms with Crippen LogP contribution in [-0.2, 0) is 30.4 Å². The molecule has 36 heavy (non-hydrogen) atoms. The lowest BCUT2D eigenvalue weighted by Crippen LogP contribution is -2.58. The first-order valence-corrected chi connectivity index (χ1v) is 12.0. The standard InChI is InChI=1S/C25H39N5O6/c1-14(2)10-17(26)22(32)28-19(13-21(27)31)24(34)29-18(12-16-8-6-5-7-9-16)23(33)30-20(25(35)36)11-15(3)4/h5-9,14-15,17-20H,10-13,26H2,1-4H3,(H2,27,31)(H,28,32)(H,29,34)(H,30,33)(H,35,36). The molecule has 1 aromatic rings. The molecule has 0 heterocycles. The maximum Gasteiger partial charge on any atom is 0.326 e. The Morgan fingerprint density at radius 3 is 1.78 bits per heavy atom. The van der Waals surface area contributed by atoms with Gasteiger partial charge in [-0.2, -0.15) is 0 Å². The molecule has 4 unspecified atom stereocenters. The topological polar surface area (TPSA) is 194 Å². The van der Waals surface area contributed by atoms with Crippen LogP contribution in [0.25, 0.3) is 0 Å². The van der Waals surface area contributed by atoms with Crippen molar-refractivity contribution in [3.05, 3.63) is 35.9 Å². The Labute approximate surface area is 211 Å². The Hall–Kier alpha value is -3.47. The van der Waals surface area contributed by atoms with Crippen molar-refractivity contribution in [2.24, 2.45) is 23.3 Å². The molecule has 0 aromatic heterocycles. The SMILES string of the molecule is CC(C)CC(N)C(=O)NC(CC(N)=O)C(=O)NC(Cc1ccccc1)C(=O)NC(CC(C)C)C(=O)O. The second kappa shape index (κ2) is 14.8. The normalized spacial score (nSPS) is 14.4. The maximum absolute atomic E-state index is 13.1. The molecule has 0 aliphatic rings. The smallest absolute Gasteiger partial charge is 0.326 e. The van der Waals surface area contributed by atoms with Gasteiger partial charge >= 0.3 is 5.97 Å². The number of hydrogen-bond acceptors (Lipinski definition) is 6. The first-order chi connectivity index (χ1) is 16.8. The van der Waals surface area contributed by atoms with Gasteiger partial charge in [-0.1, -0.05) is 58.0 Å². The molecule has 0 aliphatic carbocycles. The molecule has 8 N–H and O–H groups in total. The number of hydrogen-bond donors (Lipinski definition) is 6. The molecule has 1 rings (SSSR count). The zero-order valence-corrected chi connectivity index (χ0v) is 21.3. The van der Waals surface area contributed by atoms with Crippen LogP contribution in [-0.4, -0.2) is 58.9 Å². The minimum Gasteiger partial charge on any atom is -0.480 e. The van der Waals surface area contributed by atoms with Crippen LogP contribution in [0.4, 0.5) is 0 Å². The van der Waals surface area contributed by atoms with Crippen molar-refractivity contribution >= 4 is 29.6 Å². The molecule has 11 nitrogen and oxygen atoms in total. The third kappa shape index (κ3) is 11.3. The number of primary amides is 1. The molecular weight excluding hydrogens is 466 g/mol. The molecule has 4 amide bonds. The fourth-order valence-corrected chi connectivity index (χ4v) is 3.60. The monoisotopic (exact) mass is 505 g/mol. The third-order valence-electron chi connectivity index (χ3n) is 5.34. The predicted molar refractivity (Wildman–Crippen MR) is 134 cm³/mol. The van der Waals surface area contributed by atoms with Gasteiger partial charge < -0.3 is 32.5 Å². The zero-order valence-electron chi connectivity index (χ0n) is 21.3. The van der Waals surface area contributed by atoms with Gasteiger partial charge in [-0.15, -0.1) is 0 Å². The van der Waals surface area contributed by atoms with Crippen molar-refractivity contribution in [2.75, 3.05) is 0 Å². The summed E-state index contributed by atoms with van der Waals surface area (Å²) in [6.45, 7) is 7.42. The van der Waals surface area contributed by atoms with E-state index in [-0.39, 0.29) is 24.7 Å². The largest absolute Gasteiger partial charge is 0.480 e. The van der Waals surface area contributed by atoms with Crippen LogP contribution in [0.5, 0.6) is 0 Å². The van der Waals surface area contributed by atoms with Crippen molar-refractivity contribution in [1.82, 2.24) is 16.0 Å². The number of aliphatic carboxylic acids is 1. The van der Waals surface area contributed by atoms with Crippen LogP contribution in [0.15, 0.2) is 30.3 Å². The van der Waals surface area contributed by atoms with Crippen LogP contribution in [0.1, 0.15) is 52.5 Å². The molecule has 11 heteroatoms. The Morgan fingerprint density at radius 1 is 0.778 bits per heavy atom. The van der Waals surface area contributed by atoms with E-state index >= 15 is 0 Å². The number of nitrogens with two attached hydrogens (primary N) is 2. The molecule has 0 saturated carbocycles. The highest BCUT2D eigenvalue weighted by atomic mass is 16.4. The van der Waals surface area contributed by atoms with Crippen LogP contribution >= 0.6 is 0 Å². The van der Waals surface area contributed by atoms with E-state index in [1.54, 1.807) is 30.3 Å². The molecule has 0 fully saturated rings. The molecule has 4 atom stereocenters. The van der Waals surface area contributed by atoms with Crippen LogP contribution in [0.3, 0.4) is 0 Å². The number of benzene rings is 1. The molecule has 200 valence electrons. The van der Waals surface area contributed by atoms with E-state index < -0.39 is 60.2 Å². The van der Waals surface area contributed by atoms with Crippen LogP contribution in [0.2, 0.25) is 0 Å². The van der Waals surface area contributed by atoms with Gasteiger partial charge in [-0.05, 0) is 30.2 Å². The van der Waals surface area contributed by atoms with Gasteiger partial charge in [0.1, 0.15) is 18.1 Å². The average molecular weight is 506 g/mol. The van der Waals surface area contributed by atoms with Crippen molar-refractivity contribution in [1.29, 1.82) is 0 Å². The van der Waals surface area contributed by atoms with E-state index in [4.69, 9.17) is 11.5 Å². The van der Waals surface area contributed by atoms with Gasteiger partial charge in [0, 0.05) is 6.42 Å². The van der Waals surface area contributed by atoms with E-state index in [0.29, 0.717) is 12.0 Å². The van der Waals surface area contributed by atoms with Crippen molar-refractivity contribution in [3.63, 3.8) is 0 Å². The van der Waals surface area contributed by atoms with Crippen molar-refractivity contribution in [2.45, 2.75) is 77.5 Å². The Bertz CT molecular complexity index is 905. The average Bonchev–Trinajstić information content (AvgIpc) is 2.77. The highest BCUT2D eigenvalue weighted by Crippen LogP contribution is 2.09. The molecule has 0 bridgehead atoms. The van der Waals surface area contributed by atoms with E-state index in [2.05, 4.69) is 16.0 Å². The Morgan fingerprint density at radius 2 is 1.28 bits per heavy atom. The second-order valence-electron chi connectivity index (χ2n) is 9.75. The lowest BCUT2D eigenvalue weighted by atomic mass is 10.0. The fourth-order valence-electron chi connectivity index (χ4n) is 3.60. The van der Waals surface area contributed by atoms with Gasteiger partial charge in [-0.3, -0.25) is 19.2 Å².